The molecule has 1 N–H and O–H groups in total. The van der Waals surface area contributed by atoms with E-state index in [9.17, 15) is 5.11 Å². The second kappa shape index (κ2) is 9.36. The van der Waals surface area contributed by atoms with Crippen molar-refractivity contribution in [3.8, 4) is 0 Å². The third-order valence-electron chi connectivity index (χ3n) is 4.36. The minimum Gasteiger partial charge on any atom is -0.467 e. The molecule has 0 bridgehead atoms. The predicted molar refractivity (Wildman–Crippen MR) is 97.5 cm³/mol. The minimum absolute atomic E-state index is 0.323. The number of nitrogens with zero attached hydrogens (tertiary/aromatic N) is 2. The Bertz CT molecular complexity index is 627. The number of aliphatic hydroxyl groups is 1. The third kappa shape index (κ3) is 6.13. The molecular formula is C19H25ClN2O3. The van der Waals surface area contributed by atoms with Crippen LogP contribution in [0.15, 0.2) is 47.1 Å². The highest BCUT2D eigenvalue weighted by Gasteiger charge is 2.19. The summed E-state index contributed by atoms with van der Waals surface area (Å²) in [6.45, 7) is 6.18. The van der Waals surface area contributed by atoms with Crippen molar-refractivity contribution >= 4 is 11.6 Å². The number of furan rings is 1. The number of piperazine rings is 1. The normalized spacial score (nSPS) is 17.7. The molecule has 3 rings (SSSR count). The predicted octanol–water partition coefficient (Wildman–Crippen LogP) is 2.63. The van der Waals surface area contributed by atoms with E-state index < -0.39 is 6.10 Å². The highest BCUT2D eigenvalue weighted by Crippen LogP contribution is 2.14. The van der Waals surface area contributed by atoms with Crippen LogP contribution in [0.25, 0.3) is 0 Å². The van der Waals surface area contributed by atoms with E-state index in [-0.39, 0.29) is 0 Å². The van der Waals surface area contributed by atoms with Gasteiger partial charge in [-0.2, -0.15) is 0 Å². The number of hydrogen-bond donors (Lipinski definition) is 1. The van der Waals surface area contributed by atoms with Crippen LogP contribution in [-0.4, -0.2) is 60.3 Å². The van der Waals surface area contributed by atoms with Crippen LogP contribution in [0.4, 0.5) is 0 Å². The van der Waals surface area contributed by atoms with Crippen LogP contribution in [0.1, 0.15) is 11.3 Å². The van der Waals surface area contributed by atoms with Gasteiger partial charge < -0.3 is 14.3 Å². The van der Waals surface area contributed by atoms with Crippen molar-refractivity contribution in [3.63, 3.8) is 0 Å². The van der Waals surface area contributed by atoms with Crippen molar-refractivity contribution in [1.29, 1.82) is 0 Å². The Balaban J connectivity index is 1.33. The van der Waals surface area contributed by atoms with Crippen LogP contribution in [0.5, 0.6) is 0 Å². The Hall–Kier alpha value is -1.37. The van der Waals surface area contributed by atoms with Crippen LogP contribution in [0.3, 0.4) is 0 Å². The maximum atomic E-state index is 10.1. The molecule has 0 saturated carbocycles. The molecule has 6 heteroatoms. The summed E-state index contributed by atoms with van der Waals surface area (Å²) < 4.78 is 10.7. The number of halogens is 1. The van der Waals surface area contributed by atoms with E-state index in [0.717, 1.165) is 43.5 Å². The maximum absolute atomic E-state index is 10.1. The quantitative estimate of drug-likeness (QED) is 0.780. The Labute approximate surface area is 153 Å². The second-order valence-corrected chi connectivity index (χ2v) is 6.89. The first kappa shape index (κ1) is 18.4. The molecule has 5 nitrogen and oxygen atoms in total. The summed E-state index contributed by atoms with van der Waals surface area (Å²) in [5, 5.41) is 10.9. The highest BCUT2D eigenvalue weighted by atomic mass is 35.5. The van der Waals surface area contributed by atoms with E-state index in [1.807, 2.05) is 30.3 Å². The molecule has 1 aliphatic heterocycles. The van der Waals surface area contributed by atoms with E-state index >= 15 is 0 Å². The topological polar surface area (TPSA) is 49.1 Å². The summed E-state index contributed by atoms with van der Waals surface area (Å²) in [5.41, 5.74) is 1.24. The van der Waals surface area contributed by atoms with Gasteiger partial charge in [-0.1, -0.05) is 23.7 Å². The molecule has 136 valence electrons. The molecule has 0 radical (unpaired) electrons. The number of hydrogen-bond acceptors (Lipinski definition) is 5. The van der Waals surface area contributed by atoms with Gasteiger partial charge in [0.15, 0.2) is 0 Å². The van der Waals surface area contributed by atoms with Crippen LogP contribution >= 0.6 is 11.6 Å². The van der Waals surface area contributed by atoms with Crippen molar-refractivity contribution in [2.75, 3.05) is 39.3 Å². The zero-order chi connectivity index (χ0) is 17.5. The molecule has 1 aromatic heterocycles. The Morgan fingerprint density at radius 1 is 1.12 bits per heavy atom. The van der Waals surface area contributed by atoms with Crippen molar-refractivity contribution in [1.82, 2.24) is 9.80 Å². The van der Waals surface area contributed by atoms with Crippen molar-refractivity contribution < 1.29 is 14.3 Å². The van der Waals surface area contributed by atoms with E-state index in [0.29, 0.717) is 19.8 Å². The molecule has 1 aliphatic rings. The van der Waals surface area contributed by atoms with Crippen molar-refractivity contribution in [2.45, 2.75) is 19.3 Å². The number of ether oxygens (including phenoxy) is 1. The van der Waals surface area contributed by atoms with Gasteiger partial charge >= 0.3 is 0 Å². The van der Waals surface area contributed by atoms with Gasteiger partial charge in [0.1, 0.15) is 12.4 Å². The summed E-state index contributed by atoms with van der Waals surface area (Å²) >= 11 is 6.04. The van der Waals surface area contributed by atoms with E-state index in [2.05, 4.69) is 15.9 Å². The first-order valence-electron chi connectivity index (χ1n) is 8.66. The average molecular weight is 365 g/mol. The molecule has 1 unspecified atom stereocenters. The fourth-order valence-corrected chi connectivity index (χ4v) is 3.28. The lowest BCUT2D eigenvalue weighted by Crippen LogP contribution is -2.48. The largest absolute Gasteiger partial charge is 0.467 e. The van der Waals surface area contributed by atoms with Crippen molar-refractivity contribution in [2.24, 2.45) is 0 Å². The lowest BCUT2D eigenvalue weighted by molar-refractivity contribution is -0.00307. The summed E-state index contributed by atoms with van der Waals surface area (Å²) in [6, 6.07) is 11.7. The Kier molecular flexibility index (Phi) is 6.90. The number of rotatable bonds is 8. The third-order valence-corrected chi connectivity index (χ3v) is 4.60. The zero-order valence-electron chi connectivity index (χ0n) is 14.3. The molecule has 1 atom stereocenters. The van der Waals surface area contributed by atoms with Gasteiger partial charge in [0.05, 0.1) is 19.0 Å². The molecule has 2 aromatic rings. The molecule has 1 fully saturated rings. The first-order chi connectivity index (χ1) is 12.2. The highest BCUT2D eigenvalue weighted by molar-refractivity contribution is 6.30. The summed E-state index contributed by atoms with van der Waals surface area (Å²) in [4.78, 5) is 4.71. The van der Waals surface area contributed by atoms with Gasteiger partial charge in [0, 0.05) is 44.3 Å². The van der Waals surface area contributed by atoms with Crippen LogP contribution in [-0.2, 0) is 17.9 Å². The monoisotopic (exact) mass is 364 g/mol. The fraction of sp³-hybridized carbons (Fsp3) is 0.474. The van der Waals surface area contributed by atoms with Crippen molar-refractivity contribution in [3.05, 3.63) is 59.0 Å². The molecule has 0 spiro atoms. The maximum Gasteiger partial charge on any atom is 0.129 e. The van der Waals surface area contributed by atoms with Gasteiger partial charge in [0.2, 0.25) is 0 Å². The fourth-order valence-electron chi connectivity index (χ4n) is 3.06. The molecular weight excluding hydrogens is 340 g/mol. The number of benzene rings is 1. The zero-order valence-corrected chi connectivity index (χ0v) is 15.1. The average Bonchev–Trinajstić information content (AvgIpc) is 3.10. The molecule has 0 amide bonds. The van der Waals surface area contributed by atoms with E-state index in [1.54, 1.807) is 6.26 Å². The standard InChI is InChI=1S/C19H25ClN2O3/c20-17-4-1-3-16(11-17)12-21-6-8-22(9-7-21)13-18(23)14-24-15-19-5-2-10-25-19/h1-5,10-11,18,23H,6-9,12-15H2. The lowest BCUT2D eigenvalue weighted by Gasteiger charge is -2.35. The first-order valence-corrected chi connectivity index (χ1v) is 9.04. The van der Waals surface area contributed by atoms with Gasteiger partial charge in [-0.05, 0) is 29.8 Å². The van der Waals surface area contributed by atoms with Crippen LogP contribution in [0.2, 0.25) is 5.02 Å². The van der Waals surface area contributed by atoms with E-state index in [4.69, 9.17) is 20.8 Å². The Morgan fingerprint density at radius 3 is 2.64 bits per heavy atom. The Morgan fingerprint density at radius 2 is 1.92 bits per heavy atom. The summed E-state index contributed by atoms with van der Waals surface area (Å²) in [6.07, 6.45) is 1.15. The molecule has 0 aliphatic carbocycles. The van der Waals surface area contributed by atoms with Crippen LogP contribution in [0, 0.1) is 0 Å². The minimum atomic E-state index is -0.477. The van der Waals surface area contributed by atoms with Crippen LogP contribution < -0.4 is 0 Å². The van der Waals surface area contributed by atoms with Gasteiger partial charge in [-0.25, -0.2) is 0 Å². The second-order valence-electron chi connectivity index (χ2n) is 6.45. The van der Waals surface area contributed by atoms with E-state index in [1.165, 1.54) is 5.56 Å². The molecule has 1 aromatic carbocycles. The molecule has 2 heterocycles. The van der Waals surface area contributed by atoms with Gasteiger partial charge in [-0.3, -0.25) is 9.80 Å². The van der Waals surface area contributed by atoms with Gasteiger partial charge in [0.25, 0.3) is 0 Å². The number of β-amino-alcohol motifs (C(OH)–C–C–N with tert-alkyl or cyclic N) is 1. The van der Waals surface area contributed by atoms with Gasteiger partial charge in [-0.15, -0.1) is 0 Å². The summed E-state index contributed by atoms with van der Waals surface area (Å²) in [7, 11) is 0. The summed E-state index contributed by atoms with van der Waals surface area (Å²) in [5.74, 6) is 0.779. The lowest BCUT2D eigenvalue weighted by atomic mass is 10.2. The molecule has 1 saturated heterocycles. The molecule has 25 heavy (non-hydrogen) atoms. The SMILES string of the molecule is OC(COCc1ccco1)CN1CCN(Cc2cccc(Cl)c2)CC1. The smallest absolute Gasteiger partial charge is 0.129 e. The number of aliphatic hydroxyl groups excluding tert-OH is 1.